The van der Waals surface area contributed by atoms with E-state index in [2.05, 4.69) is 122 Å². The molecule has 0 saturated carbocycles. The molecule has 7 aromatic rings. The Morgan fingerprint density at radius 3 is 1.27 bits per heavy atom. The predicted molar refractivity (Wildman–Crippen MR) is 253 cm³/mol. The Hall–Kier alpha value is -7.39. The van der Waals surface area contributed by atoms with Gasteiger partial charge in [-0.25, -0.2) is 0 Å². The van der Waals surface area contributed by atoms with Gasteiger partial charge in [0.25, 0.3) is 11.8 Å². The highest BCUT2D eigenvalue weighted by atomic mass is 16.2. The van der Waals surface area contributed by atoms with Crippen molar-refractivity contribution in [1.82, 2.24) is 14.8 Å². The minimum Gasteiger partial charge on any atom is -0.381 e. The highest BCUT2D eigenvalue weighted by Crippen LogP contribution is 2.22. The number of carbonyl (C=O) groups is 2. The Morgan fingerprint density at radius 1 is 0.419 bits per heavy atom. The van der Waals surface area contributed by atoms with E-state index >= 15 is 0 Å². The molecule has 2 fully saturated rings. The van der Waals surface area contributed by atoms with Crippen LogP contribution in [-0.2, 0) is 13.1 Å². The van der Waals surface area contributed by atoms with E-state index in [1.807, 2.05) is 94.9 Å². The second kappa shape index (κ2) is 20.7. The van der Waals surface area contributed by atoms with Crippen molar-refractivity contribution in [3.05, 3.63) is 211 Å². The normalized spacial score (nSPS) is 13.7. The third kappa shape index (κ3) is 11.1. The minimum absolute atomic E-state index is 0.103. The fourth-order valence-electron chi connectivity index (χ4n) is 7.80. The van der Waals surface area contributed by atoms with Crippen LogP contribution in [0.3, 0.4) is 0 Å². The summed E-state index contributed by atoms with van der Waals surface area (Å²) in [7, 11) is 0. The molecule has 3 heterocycles. The lowest BCUT2D eigenvalue weighted by molar-refractivity contribution is 0.0739. The molecule has 62 heavy (non-hydrogen) atoms. The summed E-state index contributed by atoms with van der Waals surface area (Å²) in [6.45, 7) is 7.87. The standard InChI is InChI=1S/C30H29N3O.C23H24N4O/c34-30(33-21-19-32(20-22-33)29-9-5-2-6-10-29)27-15-17-28(18-16-27)31-23-24-11-13-26(14-12-24)25-7-3-1-4-8-25;28-23(27-15-13-26(14-16-27)22-6-2-1-3-7-22)20-8-10-21(11-9-20)25-18-19-5-4-12-24-17-19/h1-18,31H,19-23H2;1-12,17,25H,13-16,18H2. The predicted octanol–water partition coefficient (Wildman–Crippen LogP) is 9.58. The van der Waals surface area contributed by atoms with Gasteiger partial charge in [-0.1, -0.05) is 97.1 Å². The molecule has 312 valence electrons. The van der Waals surface area contributed by atoms with Gasteiger partial charge in [0.2, 0.25) is 0 Å². The maximum absolute atomic E-state index is 13.0. The lowest BCUT2D eigenvalue weighted by atomic mass is 10.0. The number of piperazine rings is 2. The summed E-state index contributed by atoms with van der Waals surface area (Å²) in [6.07, 6.45) is 3.61. The van der Waals surface area contributed by atoms with Crippen LogP contribution in [0, 0.1) is 0 Å². The van der Waals surface area contributed by atoms with Gasteiger partial charge in [-0.15, -0.1) is 0 Å². The van der Waals surface area contributed by atoms with Crippen LogP contribution >= 0.6 is 0 Å². The first-order valence-electron chi connectivity index (χ1n) is 21.5. The number of carbonyl (C=O) groups excluding carboxylic acids is 2. The van der Waals surface area contributed by atoms with Gasteiger partial charge in [0.15, 0.2) is 0 Å². The molecule has 2 saturated heterocycles. The van der Waals surface area contributed by atoms with Crippen molar-refractivity contribution in [2.45, 2.75) is 13.1 Å². The molecule has 9 nitrogen and oxygen atoms in total. The van der Waals surface area contributed by atoms with Gasteiger partial charge in [-0.3, -0.25) is 14.6 Å². The molecule has 2 aliphatic heterocycles. The Bertz CT molecular complexity index is 2440. The van der Waals surface area contributed by atoms with Crippen molar-refractivity contribution in [2.75, 3.05) is 72.8 Å². The van der Waals surface area contributed by atoms with E-state index in [-0.39, 0.29) is 11.8 Å². The highest BCUT2D eigenvalue weighted by Gasteiger charge is 2.23. The molecule has 2 aliphatic rings. The number of aromatic nitrogens is 1. The smallest absolute Gasteiger partial charge is 0.253 e. The number of amides is 2. The van der Waals surface area contributed by atoms with E-state index in [0.29, 0.717) is 6.54 Å². The average molecular weight is 820 g/mol. The van der Waals surface area contributed by atoms with Gasteiger partial charge in [-0.2, -0.15) is 0 Å². The Labute approximate surface area is 365 Å². The molecule has 9 rings (SSSR count). The van der Waals surface area contributed by atoms with Crippen LogP contribution < -0.4 is 20.4 Å². The number of nitrogens with zero attached hydrogens (tertiary/aromatic N) is 5. The molecule has 1 aromatic heterocycles. The fourth-order valence-corrected chi connectivity index (χ4v) is 7.80. The average Bonchev–Trinajstić information content (AvgIpc) is 3.36. The molecule has 0 bridgehead atoms. The number of benzene rings is 6. The zero-order chi connectivity index (χ0) is 42.4. The number of para-hydroxylation sites is 2. The fraction of sp³-hybridized carbons (Fsp3) is 0.189. The first-order chi connectivity index (χ1) is 30.6. The number of hydrogen-bond acceptors (Lipinski definition) is 7. The van der Waals surface area contributed by atoms with Gasteiger partial charge in [-0.05, 0) is 101 Å². The highest BCUT2D eigenvalue weighted by molar-refractivity contribution is 5.95. The van der Waals surface area contributed by atoms with Gasteiger partial charge < -0.3 is 30.2 Å². The van der Waals surface area contributed by atoms with E-state index in [0.717, 1.165) is 87.0 Å². The summed E-state index contributed by atoms with van der Waals surface area (Å²) >= 11 is 0. The van der Waals surface area contributed by atoms with Crippen molar-refractivity contribution in [3.63, 3.8) is 0 Å². The first-order valence-corrected chi connectivity index (χ1v) is 21.5. The topological polar surface area (TPSA) is 84.0 Å². The molecule has 2 amide bonds. The van der Waals surface area contributed by atoms with Crippen LogP contribution in [0.5, 0.6) is 0 Å². The molecule has 0 atom stereocenters. The second-order valence-electron chi connectivity index (χ2n) is 15.5. The molecule has 0 radical (unpaired) electrons. The van der Waals surface area contributed by atoms with Gasteiger partial charge in [0, 0.05) is 112 Å². The summed E-state index contributed by atoms with van der Waals surface area (Å²) in [5, 5.41) is 6.82. The third-order valence-corrected chi connectivity index (χ3v) is 11.4. The van der Waals surface area contributed by atoms with Crippen molar-refractivity contribution < 1.29 is 9.59 Å². The molecule has 2 N–H and O–H groups in total. The zero-order valence-electron chi connectivity index (χ0n) is 35.0. The van der Waals surface area contributed by atoms with Crippen molar-refractivity contribution in [1.29, 1.82) is 0 Å². The first kappa shape index (κ1) is 41.3. The number of hydrogen-bond donors (Lipinski definition) is 2. The zero-order valence-corrected chi connectivity index (χ0v) is 35.0. The minimum atomic E-state index is 0.103. The van der Waals surface area contributed by atoms with Crippen LogP contribution in [0.25, 0.3) is 11.1 Å². The second-order valence-corrected chi connectivity index (χ2v) is 15.5. The van der Waals surface area contributed by atoms with Crippen LogP contribution in [0.15, 0.2) is 188 Å². The molecular weight excluding hydrogens is 767 g/mol. The van der Waals surface area contributed by atoms with Gasteiger partial charge in [0.05, 0.1) is 0 Å². The third-order valence-electron chi connectivity index (χ3n) is 11.4. The molecule has 0 unspecified atom stereocenters. The lowest BCUT2D eigenvalue weighted by Crippen LogP contribution is -2.48. The number of rotatable bonds is 11. The van der Waals surface area contributed by atoms with E-state index < -0.39 is 0 Å². The molecule has 0 spiro atoms. The quantitative estimate of drug-likeness (QED) is 0.135. The van der Waals surface area contributed by atoms with E-state index in [1.165, 1.54) is 28.1 Å². The van der Waals surface area contributed by atoms with Crippen LogP contribution in [-0.4, -0.2) is 79.0 Å². The monoisotopic (exact) mass is 819 g/mol. The largest absolute Gasteiger partial charge is 0.381 e. The van der Waals surface area contributed by atoms with Crippen LogP contribution in [0.2, 0.25) is 0 Å². The number of nitrogens with one attached hydrogen (secondary N) is 2. The summed E-state index contributed by atoms with van der Waals surface area (Å²) in [5.41, 5.74) is 10.7. The Balaban J connectivity index is 0.000000174. The molecule has 9 heteroatoms. The van der Waals surface area contributed by atoms with E-state index in [1.54, 1.807) is 6.20 Å². The van der Waals surface area contributed by atoms with Crippen LogP contribution in [0.1, 0.15) is 31.8 Å². The molecule has 6 aromatic carbocycles. The molecular formula is C53H53N7O2. The molecule has 0 aliphatic carbocycles. The number of pyridine rings is 1. The SMILES string of the molecule is O=C(c1ccc(NCc2ccc(-c3ccccc3)cc2)cc1)N1CCN(c2ccccc2)CC1.O=C(c1ccc(NCc2cccnc2)cc1)N1CCN(c2ccccc2)CC1. The van der Waals surface area contributed by atoms with Gasteiger partial charge in [0.1, 0.15) is 0 Å². The maximum Gasteiger partial charge on any atom is 0.253 e. The Morgan fingerprint density at radius 2 is 0.839 bits per heavy atom. The summed E-state index contributed by atoms with van der Waals surface area (Å²) in [6, 6.07) is 59.3. The Kier molecular flexibility index (Phi) is 13.8. The van der Waals surface area contributed by atoms with Crippen molar-refractivity contribution in [3.8, 4) is 11.1 Å². The van der Waals surface area contributed by atoms with E-state index in [9.17, 15) is 9.59 Å². The summed E-state index contributed by atoms with van der Waals surface area (Å²) in [5.74, 6) is 0.210. The van der Waals surface area contributed by atoms with Crippen LogP contribution in [0.4, 0.5) is 22.7 Å². The summed E-state index contributed by atoms with van der Waals surface area (Å²) in [4.78, 5) is 38.5. The maximum atomic E-state index is 13.0. The van der Waals surface area contributed by atoms with Crippen molar-refractivity contribution in [2.24, 2.45) is 0 Å². The summed E-state index contributed by atoms with van der Waals surface area (Å²) < 4.78 is 0. The van der Waals surface area contributed by atoms with E-state index in [4.69, 9.17) is 0 Å². The van der Waals surface area contributed by atoms with Crippen molar-refractivity contribution >= 4 is 34.6 Å². The van der Waals surface area contributed by atoms with Gasteiger partial charge >= 0.3 is 0 Å². The lowest BCUT2D eigenvalue weighted by Gasteiger charge is -2.36. The number of anilines is 4.